The number of fused-ring (bicyclic) bond motifs is 3. The molecule has 0 fully saturated rings. The van der Waals surface area contributed by atoms with Crippen molar-refractivity contribution in [3.8, 4) is 5.69 Å². The molecule has 0 aliphatic carbocycles. The number of rotatable bonds is 8. The fourth-order valence-corrected chi connectivity index (χ4v) is 4.77. The molecule has 0 bridgehead atoms. The van der Waals surface area contributed by atoms with Crippen LogP contribution in [0.5, 0.6) is 0 Å². The number of esters is 1. The molecule has 174 valence electrons. The topological polar surface area (TPSA) is 63.6 Å². The van der Waals surface area contributed by atoms with Crippen LogP contribution in [0.15, 0.2) is 48.5 Å². The Morgan fingerprint density at radius 2 is 1.79 bits per heavy atom. The van der Waals surface area contributed by atoms with Gasteiger partial charge in [-0.15, -0.1) is 0 Å². The average molecular weight is 468 g/mol. The normalized spacial score (nSPS) is 13.1. The van der Waals surface area contributed by atoms with E-state index >= 15 is 0 Å². The molecule has 0 unspecified atom stereocenters. The van der Waals surface area contributed by atoms with Crippen molar-refractivity contribution in [2.24, 2.45) is 0 Å². The quantitative estimate of drug-likeness (QED) is 0.352. The summed E-state index contributed by atoms with van der Waals surface area (Å²) in [5, 5.41) is 4.94. The van der Waals surface area contributed by atoms with E-state index in [0.29, 0.717) is 31.1 Å². The van der Waals surface area contributed by atoms with Gasteiger partial charge in [0.1, 0.15) is 0 Å². The molecule has 1 aromatic heterocycles. The van der Waals surface area contributed by atoms with Gasteiger partial charge in [-0.05, 0) is 31.0 Å². The lowest BCUT2D eigenvalue weighted by Crippen LogP contribution is -2.43. The number of halogens is 1. The fraction of sp³-hybridized carbons (Fsp3) is 0.385. The number of hydrogen-bond acceptors (Lipinski definition) is 3. The fourth-order valence-electron chi connectivity index (χ4n) is 4.55. The smallest absolute Gasteiger partial charge is 0.317 e. The first-order valence-electron chi connectivity index (χ1n) is 11.6. The second kappa shape index (κ2) is 10.8. The number of methoxy groups -OCH3 is 1. The lowest BCUT2D eigenvalue weighted by Gasteiger charge is -2.28. The number of carbonyl (C=O) groups excluding carboxylic acids is 2. The van der Waals surface area contributed by atoms with Gasteiger partial charge in [-0.2, -0.15) is 0 Å². The third kappa shape index (κ3) is 5.17. The first-order chi connectivity index (χ1) is 16.1. The summed E-state index contributed by atoms with van der Waals surface area (Å²) < 4.78 is 6.90. The number of nitrogens with zero attached hydrogens (tertiary/aromatic N) is 2. The van der Waals surface area contributed by atoms with Crippen LogP contribution >= 0.6 is 11.6 Å². The maximum Gasteiger partial charge on any atom is 0.317 e. The Labute approximate surface area is 199 Å². The second-order valence-electron chi connectivity index (χ2n) is 8.37. The van der Waals surface area contributed by atoms with Gasteiger partial charge >= 0.3 is 12.0 Å². The van der Waals surface area contributed by atoms with Crippen molar-refractivity contribution >= 4 is 34.5 Å². The summed E-state index contributed by atoms with van der Waals surface area (Å²) in [5.41, 5.74) is 4.50. The van der Waals surface area contributed by atoms with Crippen LogP contribution < -0.4 is 5.32 Å². The zero-order valence-corrected chi connectivity index (χ0v) is 19.7. The Kier molecular flexibility index (Phi) is 7.55. The van der Waals surface area contributed by atoms with Gasteiger partial charge < -0.3 is 19.5 Å². The standard InChI is InChI=1S/C26H30ClN3O3/c1-33-25(31)14-4-2-3-9-16-28-26(32)29-17-15-23-20(18-29)19-10-5-7-12-22(19)30(23)24-13-8-6-11-21(24)27/h5-8,10-13H,2-4,9,14-18H2,1H3,(H,28,32). The number of amides is 2. The van der Waals surface area contributed by atoms with Crippen molar-refractivity contribution in [3.05, 3.63) is 64.8 Å². The second-order valence-corrected chi connectivity index (χ2v) is 8.78. The Morgan fingerprint density at radius 1 is 1.03 bits per heavy atom. The van der Waals surface area contributed by atoms with E-state index in [1.54, 1.807) is 0 Å². The van der Waals surface area contributed by atoms with E-state index in [4.69, 9.17) is 11.6 Å². The molecule has 2 aromatic carbocycles. The monoisotopic (exact) mass is 467 g/mol. The molecule has 1 aliphatic rings. The van der Waals surface area contributed by atoms with E-state index in [1.807, 2.05) is 41.3 Å². The predicted octanol–water partition coefficient (Wildman–Crippen LogP) is 5.48. The highest BCUT2D eigenvalue weighted by atomic mass is 35.5. The Morgan fingerprint density at radius 3 is 2.61 bits per heavy atom. The van der Waals surface area contributed by atoms with Crippen molar-refractivity contribution in [1.29, 1.82) is 0 Å². The Hall–Kier alpha value is -2.99. The zero-order valence-electron chi connectivity index (χ0n) is 19.0. The van der Waals surface area contributed by atoms with Crippen LogP contribution in [0.3, 0.4) is 0 Å². The number of benzene rings is 2. The third-order valence-electron chi connectivity index (χ3n) is 6.25. The van der Waals surface area contributed by atoms with Gasteiger partial charge in [-0.1, -0.05) is 54.8 Å². The van der Waals surface area contributed by atoms with Gasteiger partial charge in [0.15, 0.2) is 0 Å². The molecule has 33 heavy (non-hydrogen) atoms. The first-order valence-corrected chi connectivity index (χ1v) is 11.9. The van der Waals surface area contributed by atoms with Crippen LogP contribution in [0.1, 0.15) is 43.4 Å². The average Bonchev–Trinajstić information content (AvgIpc) is 3.17. The number of ether oxygens (including phenoxy) is 1. The summed E-state index contributed by atoms with van der Waals surface area (Å²) in [5.74, 6) is -0.163. The molecule has 0 atom stereocenters. The summed E-state index contributed by atoms with van der Waals surface area (Å²) in [7, 11) is 1.41. The maximum absolute atomic E-state index is 12.8. The number of para-hydroxylation sites is 2. The van der Waals surface area contributed by atoms with Crippen molar-refractivity contribution in [2.75, 3.05) is 20.2 Å². The number of carbonyl (C=O) groups is 2. The summed E-state index contributed by atoms with van der Waals surface area (Å²) in [6.45, 7) is 1.89. The van der Waals surface area contributed by atoms with Crippen molar-refractivity contribution in [1.82, 2.24) is 14.8 Å². The molecule has 0 saturated heterocycles. The summed E-state index contributed by atoms with van der Waals surface area (Å²) >= 11 is 6.54. The minimum Gasteiger partial charge on any atom is -0.469 e. The van der Waals surface area contributed by atoms with E-state index in [1.165, 1.54) is 18.4 Å². The molecule has 1 N–H and O–H groups in total. The van der Waals surface area contributed by atoms with Crippen molar-refractivity contribution in [2.45, 2.75) is 45.1 Å². The van der Waals surface area contributed by atoms with Gasteiger partial charge in [0.05, 0.1) is 23.3 Å². The molecule has 2 heterocycles. The summed E-state index contributed by atoms with van der Waals surface area (Å²) in [6.07, 6.45) is 4.89. The molecular weight excluding hydrogens is 438 g/mol. The minimum atomic E-state index is -0.163. The molecule has 7 heteroatoms. The largest absolute Gasteiger partial charge is 0.469 e. The Balaban J connectivity index is 1.40. The molecule has 4 rings (SSSR count). The van der Waals surface area contributed by atoms with E-state index in [9.17, 15) is 9.59 Å². The molecule has 3 aromatic rings. The molecule has 2 amide bonds. The zero-order chi connectivity index (χ0) is 23.2. The van der Waals surface area contributed by atoms with E-state index in [0.717, 1.165) is 48.7 Å². The van der Waals surface area contributed by atoms with Crippen LogP contribution in [-0.4, -0.2) is 41.7 Å². The number of unbranched alkanes of at least 4 members (excludes halogenated alkanes) is 3. The van der Waals surface area contributed by atoms with Crippen LogP contribution in [0, 0.1) is 0 Å². The van der Waals surface area contributed by atoms with Gasteiger partial charge in [-0.3, -0.25) is 4.79 Å². The van der Waals surface area contributed by atoms with E-state index in [2.05, 4.69) is 26.8 Å². The summed E-state index contributed by atoms with van der Waals surface area (Å²) in [4.78, 5) is 25.8. The highest BCUT2D eigenvalue weighted by molar-refractivity contribution is 6.32. The van der Waals surface area contributed by atoms with Gasteiger partial charge in [-0.25, -0.2) is 4.79 Å². The van der Waals surface area contributed by atoms with Crippen LogP contribution in [0.4, 0.5) is 4.79 Å². The van der Waals surface area contributed by atoms with Crippen LogP contribution in [0.2, 0.25) is 5.02 Å². The number of hydrogen-bond donors (Lipinski definition) is 1. The van der Waals surface area contributed by atoms with Crippen LogP contribution in [0.25, 0.3) is 16.6 Å². The highest BCUT2D eigenvalue weighted by Crippen LogP contribution is 2.35. The summed E-state index contributed by atoms with van der Waals surface area (Å²) in [6, 6.07) is 16.2. The molecular formula is C26H30ClN3O3. The van der Waals surface area contributed by atoms with Gasteiger partial charge in [0.25, 0.3) is 0 Å². The third-order valence-corrected chi connectivity index (χ3v) is 6.57. The molecule has 0 spiro atoms. The molecule has 6 nitrogen and oxygen atoms in total. The molecule has 1 aliphatic heterocycles. The number of urea groups is 1. The number of nitrogens with one attached hydrogen (secondary N) is 1. The SMILES string of the molecule is COC(=O)CCCCCCNC(=O)N1CCc2c(c3ccccc3n2-c2ccccc2Cl)C1. The predicted molar refractivity (Wildman–Crippen MR) is 131 cm³/mol. The van der Waals surface area contributed by atoms with E-state index < -0.39 is 0 Å². The maximum atomic E-state index is 12.8. The van der Waals surface area contributed by atoms with E-state index in [-0.39, 0.29) is 12.0 Å². The lowest BCUT2D eigenvalue weighted by atomic mass is 10.0. The van der Waals surface area contributed by atoms with Gasteiger partial charge in [0.2, 0.25) is 0 Å². The Bertz CT molecular complexity index is 1140. The van der Waals surface area contributed by atoms with Gasteiger partial charge in [0, 0.05) is 49.1 Å². The molecule has 0 saturated carbocycles. The highest BCUT2D eigenvalue weighted by Gasteiger charge is 2.27. The molecule has 0 radical (unpaired) electrons. The first kappa shape index (κ1) is 23.2. The van der Waals surface area contributed by atoms with Crippen LogP contribution in [-0.2, 0) is 22.5 Å². The minimum absolute atomic E-state index is 0.0233. The lowest BCUT2D eigenvalue weighted by molar-refractivity contribution is -0.140. The van der Waals surface area contributed by atoms with Crippen molar-refractivity contribution < 1.29 is 14.3 Å². The number of aromatic nitrogens is 1. The van der Waals surface area contributed by atoms with Crippen molar-refractivity contribution in [3.63, 3.8) is 0 Å².